The fourth-order valence-corrected chi connectivity index (χ4v) is 2.19. The maximum Gasteiger partial charge on any atom is 0.133 e. The van der Waals surface area contributed by atoms with Crippen LogP contribution in [0.15, 0.2) is 16.8 Å². The van der Waals surface area contributed by atoms with Crippen LogP contribution in [0.1, 0.15) is 38.7 Å². The molecule has 0 amide bonds. The van der Waals surface area contributed by atoms with Gasteiger partial charge in [0.1, 0.15) is 5.78 Å². The van der Waals surface area contributed by atoms with Gasteiger partial charge in [-0.1, -0.05) is 13.8 Å². The summed E-state index contributed by atoms with van der Waals surface area (Å²) in [6, 6.07) is 2.14. The number of aryl methyl sites for hydroxylation is 1. The summed E-state index contributed by atoms with van der Waals surface area (Å²) in [6.45, 7) is 4.19. The van der Waals surface area contributed by atoms with Gasteiger partial charge in [0, 0.05) is 12.8 Å². The number of ketones is 1. The molecule has 1 aromatic rings. The summed E-state index contributed by atoms with van der Waals surface area (Å²) in [5.74, 6) is 0.916. The molecule has 0 aliphatic carbocycles. The average Bonchev–Trinajstić information content (AvgIpc) is 2.55. The lowest BCUT2D eigenvalue weighted by molar-refractivity contribution is -0.119. The summed E-state index contributed by atoms with van der Waals surface area (Å²) >= 11 is 1.72. The van der Waals surface area contributed by atoms with Gasteiger partial charge in [-0.2, -0.15) is 11.3 Å². The van der Waals surface area contributed by atoms with E-state index in [1.54, 1.807) is 11.3 Å². The SMILES string of the molecule is CC(C)CC(=O)CCCc1ccsc1. The second kappa shape index (κ2) is 5.97. The van der Waals surface area contributed by atoms with Crippen LogP contribution in [0.25, 0.3) is 0 Å². The molecule has 0 atom stereocenters. The highest BCUT2D eigenvalue weighted by Crippen LogP contribution is 2.11. The van der Waals surface area contributed by atoms with E-state index in [0.717, 1.165) is 25.7 Å². The van der Waals surface area contributed by atoms with E-state index in [1.165, 1.54) is 5.56 Å². The van der Waals surface area contributed by atoms with Crippen molar-refractivity contribution in [2.75, 3.05) is 0 Å². The highest BCUT2D eigenvalue weighted by molar-refractivity contribution is 7.07. The van der Waals surface area contributed by atoms with Gasteiger partial charge in [-0.15, -0.1) is 0 Å². The Morgan fingerprint density at radius 1 is 1.50 bits per heavy atom. The van der Waals surface area contributed by atoms with Crippen molar-refractivity contribution in [1.82, 2.24) is 0 Å². The number of thiophene rings is 1. The molecule has 0 aromatic carbocycles. The topological polar surface area (TPSA) is 17.1 Å². The molecule has 0 radical (unpaired) electrons. The van der Waals surface area contributed by atoms with E-state index in [9.17, 15) is 4.79 Å². The fraction of sp³-hybridized carbons (Fsp3) is 0.583. The fourth-order valence-electron chi connectivity index (χ4n) is 1.48. The number of hydrogen-bond acceptors (Lipinski definition) is 2. The minimum absolute atomic E-state index is 0.412. The van der Waals surface area contributed by atoms with Crippen LogP contribution in [0, 0.1) is 5.92 Å². The monoisotopic (exact) mass is 210 g/mol. The zero-order valence-corrected chi connectivity index (χ0v) is 9.77. The number of Topliss-reactive ketones (excluding diaryl/α,β-unsaturated/α-hetero) is 1. The summed E-state index contributed by atoms with van der Waals surface area (Å²) in [4.78, 5) is 11.4. The van der Waals surface area contributed by atoms with Crippen molar-refractivity contribution in [3.63, 3.8) is 0 Å². The maximum atomic E-state index is 11.4. The minimum Gasteiger partial charge on any atom is -0.300 e. The molecule has 0 unspecified atom stereocenters. The van der Waals surface area contributed by atoms with Crippen molar-refractivity contribution in [1.29, 1.82) is 0 Å². The zero-order valence-electron chi connectivity index (χ0n) is 8.95. The summed E-state index contributed by atoms with van der Waals surface area (Å²) in [5, 5.41) is 4.25. The molecule has 14 heavy (non-hydrogen) atoms. The Morgan fingerprint density at radius 3 is 2.86 bits per heavy atom. The zero-order chi connectivity index (χ0) is 10.4. The van der Waals surface area contributed by atoms with E-state index in [4.69, 9.17) is 0 Å². The predicted octanol–water partition coefficient (Wildman–Crippen LogP) is 3.69. The second-order valence-electron chi connectivity index (χ2n) is 4.12. The summed E-state index contributed by atoms with van der Waals surface area (Å²) in [6.07, 6.45) is 3.54. The molecule has 1 aromatic heterocycles. The molecule has 2 heteroatoms. The summed E-state index contributed by atoms with van der Waals surface area (Å²) < 4.78 is 0. The lowest BCUT2D eigenvalue weighted by Gasteiger charge is -2.02. The van der Waals surface area contributed by atoms with Crippen LogP contribution in [-0.4, -0.2) is 5.78 Å². The third-order valence-corrected chi connectivity index (χ3v) is 2.87. The standard InChI is InChI=1S/C12H18OS/c1-10(2)8-12(13)5-3-4-11-6-7-14-9-11/h6-7,9-10H,3-5,8H2,1-2H3. The molecule has 1 heterocycles. The van der Waals surface area contributed by atoms with Gasteiger partial charge in [-0.3, -0.25) is 4.79 Å². The Kier molecular flexibility index (Phi) is 4.88. The summed E-state index contributed by atoms with van der Waals surface area (Å²) in [5.41, 5.74) is 1.37. The first-order valence-electron chi connectivity index (χ1n) is 5.21. The van der Waals surface area contributed by atoms with Crippen molar-refractivity contribution >= 4 is 17.1 Å². The van der Waals surface area contributed by atoms with Crippen LogP contribution < -0.4 is 0 Å². The first kappa shape index (κ1) is 11.4. The van der Waals surface area contributed by atoms with Gasteiger partial charge in [0.15, 0.2) is 0 Å². The predicted molar refractivity (Wildman–Crippen MR) is 61.7 cm³/mol. The quantitative estimate of drug-likeness (QED) is 0.700. The first-order chi connectivity index (χ1) is 6.68. The Balaban J connectivity index is 2.12. The Labute approximate surface area is 90.2 Å². The summed E-state index contributed by atoms with van der Waals surface area (Å²) in [7, 11) is 0. The van der Waals surface area contributed by atoms with Crippen LogP contribution >= 0.6 is 11.3 Å². The van der Waals surface area contributed by atoms with Gasteiger partial charge in [0.25, 0.3) is 0 Å². The normalized spacial score (nSPS) is 10.8. The lowest BCUT2D eigenvalue weighted by Crippen LogP contribution is -2.02. The Morgan fingerprint density at radius 2 is 2.29 bits per heavy atom. The largest absolute Gasteiger partial charge is 0.300 e. The van der Waals surface area contributed by atoms with Crippen molar-refractivity contribution in [2.24, 2.45) is 5.92 Å². The van der Waals surface area contributed by atoms with Crippen LogP contribution in [0.5, 0.6) is 0 Å². The smallest absolute Gasteiger partial charge is 0.133 e. The third kappa shape index (κ3) is 4.56. The van der Waals surface area contributed by atoms with Crippen LogP contribution in [0.3, 0.4) is 0 Å². The van der Waals surface area contributed by atoms with Gasteiger partial charge in [0.05, 0.1) is 0 Å². The number of carbonyl (C=O) groups is 1. The molecule has 0 N–H and O–H groups in total. The highest BCUT2D eigenvalue weighted by atomic mass is 32.1. The van der Waals surface area contributed by atoms with Crippen LogP contribution in [0.4, 0.5) is 0 Å². The molecule has 0 aliphatic heterocycles. The molecule has 0 fully saturated rings. The third-order valence-electron chi connectivity index (χ3n) is 2.14. The van der Waals surface area contributed by atoms with Gasteiger partial charge < -0.3 is 0 Å². The van der Waals surface area contributed by atoms with Crippen molar-refractivity contribution < 1.29 is 4.79 Å². The second-order valence-corrected chi connectivity index (χ2v) is 4.90. The van der Waals surface area contributed by atoms with E-state index in [2.05, 4.69) is 30.7 Å². The minimum atomic E-state index is 0.412. The van der Waals surface area contributed by atoms with E-state index in [0.29, 0.717) is 11.7 Å². The molecule has 78 valence electrons. The Bertz CT molecular complexity index is 262. The van der Waals surface area contributed by atoms with E-state index < -0.39 is 0 Å². The molecule has 1 rings (SSSR count). The molecule has 1 nitrogen and oxygen atoms in total. The van der Waals surface area contributed by atoms with Crippen molar-refractivity contribution in [2.45, 2.75) is 39.5 Å². The van der Waals surface area contributed by atoms with Crippen LogP contribution in [-0.2, 0) is 11.2 Å². The number of rotatable bonds is 6. The van der Waals surface area contributed by atoms with Crippen molar-refractivity contribution in [3.05, 3.63) is 22.4 Å². The molecule has 0 saturated carbocycles. The van der Waals surface area contributed by atoms with Gasteiger partial charge in [-0.05, 0) is 41.1 Å². The van der Waals surface area contributed by atoms with Crippen molar-refractivity contribution in [3.8, 4) is 0 Å². The van der Waals surface area contributed by atoms with Gasteiger partial charge >= 0.3 is 0 Å². The average molecular weight is 210 g/mol. The van der Waals surface area contributed by atoms with E-state index >= 15 is 0 Å². The molecule has 0 bridgehead atoms. The van der Waals surface area contributed by atoms with Crippen LogP contribution in [0.2, 0.25) is 0 Å². The Hall–Kier alpha value is -0.630. The van der Waals surface area contributed by atoms with E-state index in [-0.39, 0.29) is 0 Å². The highest BCUT2D eigenvalue weighted by Gasteiger charge is 2.04. The van der Waals surface area contributed by atoms with Gasteiger partial charge in [-0.25, -0.2) is 0 Å². The molecule has 0 spiro atoms. The maximum absolute atomic E-state index is 11.4. The van der Waals surface area contributed by atoms with E-state index in [1.807, 2.05) is 0 Å². The molecule has 0 aliphatic rings. The number of hydrogen-bond donors (Lipinski definition) is 0. The lowest BCUT2D eigenvalue weighted by atomic mass is 10.0. The number of carbonyl (C=O) groups excluding carboxylic acids is 1. The molecular weight excluding hydrogens is 192 g/mol. The first-order valence-corrected chi connectivity index (χ1v) is 6.15. The van der Waals surface area contributed by atoms with Gasteiger partial charge in [0.2, 0.25) is 0 Å². The molecular formula is C12H18OS. The molecule has 0 saturated heterocycles.